The summed E-state index contributed by atoms with van der Waals surface area (Å²) in [5.41, 5.74) is 9.31. The van der Waals surface area contributed by atoms with Gasteiger partial charge in [0.2, 0.25) is 5.88 Å². The minimum atomic E-state index is -0.351. The second-order valence-corrected chi connectivity index (χ2v) is 7.11. The molecule has 0 unspecified atom stereocenters. The van der Waals surface area contributed by atoms with Crippen molar-refractivity contribution >= 4 is 17.3 Å². The van der Waals surface area contributed by atoms with Gasteiger partial charge in [-0.15, -0.1) is 0 Å². The molecule has 0 atom stereocenters. The Morgan fingerprint density at radius 2 is 1.47 bits per heavy atom. The van der Waals surface area contributed by atoms with Crippen LogP contribution in [0.25, 0.3) is 0 Å². The maximum atomic E-state index is 13.0. The Kier molecular flexibility index (Phi) is 6.63. The molecule has 3 aromatic carbocycles. The van der Waals surface area contributed by atoms with E-state index in [-0.39, 0.29) is 11.8 Å². The van der Waals surface area contributed by atoms with Crippen LogP contribution in [0.2, 0.25) is 0 Å². The highest BCUT2D eigenvalue weighted by molar-refractivity contribution is 6.06. The van der Waals surface area contributed by atoms with Crippen molar-refractivity contribution in [3.05, 3.63) is 114 Å². The fraction of sp³-hybridized carbons (Fsp3) is 0.0769. The van der Waals surface area contributed by atoms with Crippen LogP contribution in [-0.4, -0.2) is 10.9 Å². The summed E-state index contributed by atoms with van der Waals surface area (Å²) in [7, 11) is 0. The Balaban J connectivity index is 1.49. The van der Waals surface area contributed by atoms with Gasteiger partial charge in [-0.2, -0.15) is 0 Å². The van der Waals surface area contributed by atoms with Gasteiger partial charge in [0.15, 0.2) is 0 Å². The lowest BCUT2D eigenvalue weighted by atomic mass is 10.2. The van der Waals surface area contributed by atoms with Gasteiger partial charge in [0, 0.05) is 18.0 Å². The number of carbonyl (C=O) groups excluding carboxylic acids is 1. The van der Waals surface area contributed by atoms with E-state index >= 15 is 0 Å². The number of aromatic nitrogens is 1. The zero-order valence-corrected chi connectivity index (χ0v) is 17.4. The van der Waals surface area contributed by atoms with E-state index in [1.807, 2.05) is 60.7 Å². The topological polar surface area (TPSA) is 86.5 Å². The zero-order valence-electron chi connectivity index (χ0n) is 17.4. The third-order valence-electron chi connectivity index (χ3n) is 4.73. The maximum Gasteiger partial charge on any atom is 0.261 e. The highest BCUT2D eigenvalue weighted by Gasteiger charge is 2.16. The van der Waals surface area contributed by atoms with E-state index in [2.05, 4.69) is 10.3 Å². The molecule has 0 aliphatic carbocycles. The summed E-state index contributed by atoms with van der Waals surface area (Å²) in [6, 6.07) is 28.0. The van der Waals surface area contributed by atoms with Gasteiger partial charge in [-0.3, -0.25) is 4.79 Å². The molecular weight excluding hydrogens is 402 g/mol. The Morgan fingerprint density at radius 1 is 0.812 bits per heavy atom. The van der Waals surface area contributed by atoms with Crippen molar-refractivity contribution in [1.82, 2.24) is 4.98 Å². The number of anilines is 2. The molecule has 0 aliphatic heterocycles. The van der Waals surface area contributed by atoms with Gasteiger partial charge in [0.05, 0.1) is 5.69 Å². The second-order valence-electron chi connectivity index (χ2n) is 7.11. The fourth-order valence-electron chi connectivity index (χ4n) is 3.09. The number of nitrogens with one attached hydrogen (secondary N) is 1. The summed E-state index contributed by atoms with van der Waals surface area (Å²) in [5.74, 6) is 0.393. The van der Waals surface area contributed by atoms with Crippen LogP contribution in [0.5, 0.6) is 11.6 Å². The molecule has 4 aromatic rings. The molecule has 0 radical (unpaired) electrons. The maximum absolute atomic E-state index is 13.0. The van der Waals surface area contributed by atoms with Crippen LogP contribution in [0.1, 0.15) is 21.5 Å². The van der Waals surface area contributed by atoms with E-state index in [4.69, 9.17) is 15.2 Å². The summed E-state index contributed by atoms with van der Waals surface area (Å²) in [6.07, 6.45) is 1.59. The standard InChI is InChI=1S/C26H23N3O3/c27-21-13-14-23(24(16-21)31-17-19-8-3-1-4-9-19)29-25(30)22-12-7-15-28-26(22)32-18-20-10-5-2-6-11-20/h1-16H,17-18,27H2,(H,29,30). The minimum Gasteiger partial charge on any atom is -0.487 e. The van der Waals surface area contributed by atoms with Gasteiger partial charge in [0.1, 0.15) is 24.5 Å². The van der Waals surface area contributed by atoms with Crippen LogP contribution in [0, 0.1) is 0 Å². The fourth-order valence-corrected chi connectivity index (χ4v) is 3.09. The van der Waals surface area contributed by atoms with E-state index in [9.17, 15) is 4.79 Å². The Hall–Kier alpha value is -4.32. The number of nitrogens with two attached hydrogens (primary N) is 1. The van der Waals surface area contributed by atoms with Crippen LogP contribution < -0.4 is 20.5 Å². The largest absolute Gasteiger partial charge is 0.487 e. The normalized spacial score (nSPS) is 10.4. The number of pyridine rings is 1. The van der Waals surface area contributed by atoms with Gasteiger partial charge in [-0.1, -0.05) is 60.7 Å². The number of nitrogen functional groups attached to an aromatic ring is 1. The first kappa shape index (κ1) is 20.9. The number of rotatable bonds is 8. The Labute approximate surface area is 186 Å². The second kappa shape index (κ2) is 10.1. The van der Waals surface area contributed by atoms with Crippen LogP contribution >= 0.6 is 0 Å². The summed E-state index contributed by atoms with van der Waals surface area (Å²) in [6.45, 7) is 0.664. The summed E-state index contributed by atoms with van der Waals surface area (Å²) < 4.78 is 11.7. The first-order valence-electron chi connectivity index (χ1n) is 10.2. The Morgan fingerprint density at radius 3 is 2.16 bits per heavy atom. The highest BCUT2D eigenvalue weighted by Crippen LogP contribution is 2.29. The molecule has 0 fully saturated rings. The quantitative estimate of drug-likeness (QED) is 0.385. The van der Waals surface area contributed by atoms with Crippen LogP contribution in [0.3, 0.4) is 0 Å². The van der Waals surface area contributed by atoms with Crippen molar-refractivity contribution in [2.45, 2.75) is 13.2 Å². The van der Waals surface area contributed by atoms with E-state index in [0.717, 1.165) is 11.1 Å². The average Bonchev–Trinajstić information content (AvgIpc) is 2.84. The molecule has 0 bridgehead atoms. The summed E-state index contributed by atoms with van der Waals surface area (Å²) in [4.78, 5) is 17.3. The van der Waals surface area contributed by atoms with Crippen LogP contribution in [0.15, 0.2) is 97.2 Å². The molecular formula is C26H23N3O3. The first-order chi connectivity index (χ1) is 15.7. The predicted octanol–water partition coefficient (Wildman–Crippen LogP) is 5.07. The first-order valence-corrected chi connectivity index (χ1v) is 10.2. The molecule has 3 N–H and O–H groups in total. The summed E-state index contributed by atoms with van der Waals surface area (Å²) >= 11 is 0. The molecule has 32 heavy (non-hydrogen) atoms. The smallest absolute Gasteiger partial charge is 0.261 e. The third kappa shape index (κ3) is 5.43. The van der Waals surface area contributed by atoms with Gasteiger partial charge in [-0.25, -0.2) is 4.98 Å². The molecule has 1 heterocycles. The van der Waals surface area contributed by atoms with Gasteiger partial charge >= 0.3 is 0 Å². The molecule has 1 amide bonds. The van der Waals surface area contributed by atoms with Gasteiger partial charge in [-0.05, 0) is 35.4 Å². The number of hydrogen-bond acceptors (Lipinski definition) is 5. The van der Waals surface area contributed by atoms with E-state index in [1.165, 1.54) is 0 Å². The molecule has 6 nitrogen and oxygen atoms in total. The predicted molar refractivity (Wildman–Crippen MR) is 125 cm³/mol. The van der Waals surface area contributed by atoms with Crippen molar-refractivity contribution in [3.8, 4) is 11.6 Å². The van der Waals surface area contributed by atoms with E-state index < -0.39 is 0 Å². The SMILES string of the molecule is Nc1ccc(NC(=O)c2cccnc2OCc2ccccc2)c(OCc2ccccc2)c1. The number of ether oxygens (including phenoxy) is 2. The number of nitrogens with zero attached hydrogens (tertiary/aromatic N) is 1. The summed E-state index contributed by atoms with van der Waals surface area (Å²) in [5, 5.41) is 2.89. The molecule has 0 saturated carbocycles. The lowest BCUT2D eigenvalue weighted by molar-refractivity contribution is 0.102. The monoisotopic (exact) mass is 425 g/mol. The van der Waals surface area contributed by atoms with Gasteiger partial charge < -0.3 is 20.5 Å². The van der Waals surface area contributed by atoms with Crippen molar-refractivity contribution in [1.29, 1.82) is 0 Å². The Bertz CT molecular complexity index is 1180. The number of amides is 1. The zero-order chi connectivity index (χ0) is 22.2. The number of benzene rings is 3. The molecule has 6 heteroatoms. The molecule has 0 spiro atoms. The van der Waals surface area contributed by atoms with Crippen LogP contribution in [-0.2, 0) is 13.2 Å². The van der Waals surface area contributed by atoms with Crippen LogP contribution in [0.4, 0.5) is 11.4 Å². The average molecular weight is 425 g/mol. The molecule has 4 rings (SSSR count). The molecule has 1 aromatic heterocycles. The molecule has 160 valence electrons. The molecule has 0 saturated heterocycles. The minimum absolute atomic E-state index is 0.260. The van der Waals surface area contributed by atoms with Gasteiger partial charge in [0.25, 0.3) is 5.91 Å². The van der Waals surface area contributed by atoms with E-state index in [1.54, 1.807) is 36.5 Å². The van der Waals surface area contributed by atoms with E-state index in [0.29, 0.717) is 35.9 Å². The third-order valence-corrected chi connectivity index (χ3v) is 4.73. The lowest BCUT2D eigenvalue weighted by Crippen LogP contribution is -2.15. The number of carbonyl (C=O) groups is 1. The number of hydrogen-bond donors (Lipinski definition) is 2. The van der Waals surface area contributed by atoms with Crippen molar-refractivity contribution in [2.24, 2.45) is 0 Å². The molecule has 0 aliphatic rings. The van der Waals surface area contributed by atoms with Crippen molar-refractivity contribution in [2.75, 3.05) is 11.1 Å². The lowest BCUT2D eigenvalue weighted by Gasteiger charge is -2.15. The van der Waals surface area contributed by atoms with Crippen molar-refractivity contribution < 1.29 is 14.3 Å². The highest BCUT2D eigenvalue weighted by atomic mass is 16.5. The van der Waals surface area contributed by atoms with Crippen molar-refractivity contribution in [3.63, 3.8) is 0 Å².